The zero-order chi connectivity index (χ0) is 21.8. The lowest BCUT2D eigenvalue weighted by atomic mass is 9.78. The first-order valence-electron chi connectivity index (χ1n) is 10.5. The molecule has 0 aliphatic heterocycles. The molecule has 0 saturated heterocycles. The molecule has 2 N–H and O–H groups in total. The Morgan fingerprint density at radius 2 is 1.62 bits per heavy atom. The van der Waals surface area contributed by atoms with Crippen LogP contribution in [-0.4, -0.2) is 27.3 Å². The van der Waals surface area contributed by atoms with Crippen LogP contribution in [0.4, 0.5) is 0 Å². The van der Waals surface area contributed by atoms with Crippen molar-refractivity contribution in [2.45, 2.75) is 78.1 Å². The summed E-state index contributed by atoms with van der Waals surface area (Å²) in [6.45, 7) is 13.3. The second-order valence-electron chi connectivity index (χ2n) is 10.0. The van der Waals surface area contributed by atoms with Crippen LogP contribution in [0.5, 0.6) is 5.75 Å². The Labute approximate surface area is 175 Å². The lowest BCUT2D eigenvalue weighted by molar-refractivity contribution is -0.121. The molecule has 0 fully saturated rings. The fourth-order valence-electron chi connectivity index (χ4n) is 3.45. The SMILES string of the molecule is Cn1cc(CCCNC(=O)CCc2cc(C(C)(C)C)c(O)c(C(C)(C)C)c2)cn1. The first-order chi connectivity index (χ1) is 13.4. The second-order valence-corrected chi connectivity index (χ2v) is 10.0. The molecule has 0 aliphatic carbocycles. The van der Waals surface area contributed by atoms with E-state index < -0.39 is 0 Å². The molecule has 0 saturated carbocycles. The third-order valence-corrected chi connectivity index (χ3v) is 5.15. The fraction of sp³-hybridized carbons (Fsp3) is 0.583. The molecule has 0 bridgehead atoms. The van der Waals surface area contributed by atoms with Crippen LogP contribution in [-0.2, 0) is 35.5 Å². The van der Waals surface area contributed by atoms with Gasteiger partial charge in [-0.3, -0.25) is 9.48 Å². The van der Waals surface area contributed by atoms with E-state index in [1.165, 1.54) is 5.56 Å². The number of aromatic nitrogens is 2. The smallest absolute Gasteiger partial charge is 0.220 e. The maximum Gasteiger partial charge on any atom is 0.220 e. The average molecular weight is 400 g/mol. The summed E-state index contributed by atoms with van der Waals surface area (Å²) in [6, 6.07) is 4.11. The zero-order valence-electron chi connectivity index (χ0n) is 19.1. The van der Waals surface area contributed by atoms with Gasteiger partial charge in [0.25, 0.3) is 0 Å². The highest BCUT2D eigenvalue weighted by atomic mass is 16.3. The summed E-state index contributed by atoms with van der Waals surface area (Å²) in [7, 11) is 1.91. The predicted octanol–water partition coefficient (Wildman–Crippen LogP) is 4.40. The highest BCUT2D eigenvalue weighted by Crippen LogP contribution is 2.39. The third-order valence-electron chi connectivity index (χ3n) is 5.15. The van der Waals surface area contributed by atoms with E-state index in [9.17, 15) is 9.90 Å². The maximum atomic E-state index is 12.3. The van der Waals surface area contributed by atoms with Crippen molar-refractivity contribution in [2.24, 2.45) is 7.05 Å². The van der Waals surface area contributed by atoms with Crippen molar-refractivity contribution in [3.63, 3.8) is 0 Å². The van der Waals surface area contributed by atoms with Crippen LogP contribution in [0.15, 0.2) is 24.5 Å². The molecule has 160 valence electrons. The molecule has 29 heavy (non-hydrogen) atoms. The summed E-state index contributed by atoms with van der Waals surface area (Å²) < 4.78 is 1.79. The van der Waals surface area contributed by atoms with E-state index in [1.807, 2.05) is 19.4 Å². The molecule has 2 rings (SSSR count). The highest BCUT2D eigenvalue weighted by molar-refractivity contribution is 5.76. The Balaban J connectivity index is 1.95. The van der Waals surface area contributed by atoms with Gasteiger partial charge in [0.15, 0.2) is 0 Å². The van der Waals surface area contributed by atoms with Crippen LogP contribution in [0.1, 0.15) is 76.6 Å². The number of hydrogen-bond donors (Lipinski definition) is 2. The Kier molecular flexibility index (Phi) is 7.15. The van der Waals surface area contributed by atoms with Crippen LogP contribution in [0.25, 0.3) is 0 Å². The van der Waals surface area contributed by atoms with Gasteiger partial charge in [0.05, 0.1) is 6.20 Å². The van der Waals surface area contributed by atoms with E-state index in [0.29, 0.717) is 25.1 Å². The second kappa shape index (κ2) is 9.02. The van der Waals surface area contributed by atoms with Gasteiger partial charge >= 0.3 is 0 Å². The van der Waals surface area contributed by atoms with E-state index in [-0.39, 0.29) is 16.7 Å². The Bertz CT molecular complexity index is 804. The predicted molar refractivity (Wildman–Crippen MR) is 118 cm³/mol. The number of aromatic hydroxyl groups is 1. The van der Waals surface area contributed by atoms with E-state index >= 15 is 0 Å². The van der Waals surface area contributed by atoms with Crippen LogP contribution < -0.4 is 5.32 Å². The molecule has 0 aliphatic rings. The van der Waals surface area contributed by atoms with E-state index in [4.69, 9.17) is 0 Å². The maximum absolute atomic E-state index is 12.3. The molecule has 0 spiro atoms. The lowest BCUT2D eigenvalue weighted by Gasteiger charge is -2.28. The number of aryl methyl sites for hydroxylation is 3. The quantitative estimate of drug-likeness (QED) is 0.678. The molecule has 0 radical (unpaired) electrons. The molecule has 1 amide bonds. The number of nitrogens with zero attached hydrogens (tertiary/aromatic N) is 2. The zero-order valence-corrected chi connectivity index (χ0v) is 19.1. The first-order valence-corrected chi connectivity index (χ1v) is 10.5. The molecule has 5 nitrogen and oxygen atoms in total. The van der Waals surface area contributed by atoms with Gasteiger partial charge in [0.2, 0.25) is 5.91 Å². The largest absolute Gasteiger partial charge is 0.507 e. The number of phenolic OH excluding ortho intramolecular Hbond substituents is 1. The highest BCUT2D eigenvalue weighted by Gasteiger charge is 2.26. The van der Waals surface area contributed by atoms with Crippen molar-refractivity contribution in [3.8, 4) is 5.75 Å². The number of carbonyl (C=O) groups is 1. The third kappa shape index (κ3) is 6.62. The number of phenols is 1. The van der Waals surface area contributed by atoms with Crippen LogP contribution in [0.3, 0.4) is 0 Å². The summed E-state index contributed by atoms with van der Waals surface area (Å²) in [5.74, 6) is 0.451. The van der Waals surface area contributed by atoms with Gasteiger partial charge in [-0.15, -0.1) is 0 Å². The van der Waals surface area contributed by atoms with Crippen molar-refractivity contribution in [1.82, 2.24) is 15.1 Å². The minimum atomic E-state index is -0.158. The molecule has 1 heterocycles. The van der Waals surface area contributed by atoms with Crippen molar-refractivity contribution < 1.29 is 9.90 Å². The van der Waals surface area contributed by atoms with Crippen LogP contribution in [0, 0.1) is 0 Å². The molecule has 1 aromatic carbocycles. The minimum absolute atomic E-state index is 0.0684. The number of amides is 1. The van der Waals surface area contributed by atoms with Crippen molar-refractivity contribution in [1.29, 1.82) is 0 Å². The van der Waals surface area contributed by atoms with E-state index in [2.05, 4.69) is 64.1 Å². The standard InChI is InChI=1S/C24H37N3O2/c1-23(2,3)19-13-17(14-20(22(19)29)24(4,5)6)10-11-21(28)25-12-8-9-18-15-26-27(7)16-18/h13-16,29H,8-12H2,1-7H3,(H,25,28). The number of benzene rings is 1. The van der Waals surface area contributed by atoms with E-state index in [1.54, 1.807) is 4.68 Å². The van der Waals surface area contributed by atoms with Gasteiger partial charge in [0, 0.05) is 26.2 Å². The van der Waals surface area contributed by atoms with Gasteiger partial charge < -0.3 is 10.4 Å². The summed E-state index contributed by atoms with van der Waals surface area (Å²) in [5, 5.41) is 18.0. The topological polar surface area (TPSA) is 67.2 Å². The summed E-state index contributed by atoms with van der Waals surface area (Å²) in [5.41, 5.74) is 3.86. The fourth-order valence-corrected chi connectivity index (χ4v) is 3.45. The molecule has 1 aromatic heterocycles. The number of rotatable bonds is 7. The van der Waals surface area contributed by atoms with Crippen molar-refractivity contribution in [3.05, 3.63) is 46.8 Å². The van der Waals surface area contributed by atoms with Crippen LogP contribution >= 0.6 is 0 Å². The summed E-state index contributed by atoms with van der Waals surface area (Å²) in [6.07, 6.45) is 6.80. The van der Waals surface area contributed by atoms with Crippen LogP contribution in [0.2, 0.25) is 0 Å². The molecule has 2 aromatic rings. The molecule has 0 atom stereocenters. The van der Waals surface area contributed by atoms with E-state index in [0.717, 1.165) is 29.5 Å². The summed E-state index contributed by atoms with van der Waals surface area (Å²) in [4.78, 5) is 12.3. The normalized spacial score (nSPS) is 12.2. The van der Waals surface area contributed by atoms with Gasteiger partial charge in [-0.05, 0) is 52.3 Å². The number of nitrogens with one attached hydrogen (secondary N) is 1. The van der Waals surface area contributed by atoms with Gasteiger partial charge in [-0.25, -0.2) is 0 Å². The Hall–Kier alpha value is -2.30. The molecule has 5 heteroatoms. The minimum Gasteiger partial charge on any atom is -0.507 e. The van der Waals surface area contributed by atoms with Crippen molar-refractivity contribution >= 4 is 5.91 Å². The molecule has 0 unspecified atom stereocenters. The molecular formula is C24H37N3O2. The lowest BCUT2D eigenvalue weighted by Crippen LogP contribution is -2.25. The Morgan fingerprint density at radius 3 is 2.10 bits per heavy atom. The Morgan fingerprint density at radius 1 is 1.03 bits per heavy atom. The molecular weight excluding hydrogens is 362 g/mol. The monoisotopic (exact) mass is 399 g/mol. The number of carbonyl (C=O) groups excluding carboxylic acids is 1. The summed E-state index contributed by atoms with van der Waals surface area (Å²) >= 11 is 0. The van der Waals surface area contributed by atoms with Gasteiger partial charge in [-0.1, -0.05) is 53.7 Å². The number of hydrogen-bond acceptors (Lipinski definition) is 3. The van der Waals surface area contributed by atoms with Crippen molar-refractivity contribution in [2.75, 3.05) is 6.54 Å². The average Bonchev–Trinajstić information content (AvgIpc) is 3.01. The van der Waals surface area contributed by atoms with Gasteiger partial charge in [-0.2, -0.15) is 5.10 Å². The first kappa shape index (κ1) is 23.0. The van der Waals surface area contributed by atoms with Gasteiger partial charge in [0.1, 0.15) is 5.75 Å².